The number of likely N-dealkylation sites (tertiary alicyclic amines) is 1. The van der Waals surface area contributed by atoms with Gasteiger partial charge in [0.25, 0.3) is 0 Å². The van der Waals surface area contributed by atoms with Gasteiger partial charge < -0.3 is 20.9 Å². The van der Waals surface area contributed by atoms with E-state index in [9.17, 15) is 9.59 Å². The number of nitrogens with one attached hydrogen (secondary N) is 3. The first-order chi connectivity index (χ1) is 14.5. The molecule has 1 aromatic heterocycles. The molecule has 3 N–H and O–H groups in total. The highest BCUT2D eigenvalue weighted by Crippen LogP contribution is 2.46. The Kier molecular flexibility index (Phi) is 4.79. The van der Waals surface area contributed by atoms with Gasteiger partial charge >= 0.3 is 0 Å². The molecule has 1 spiro atoms. The third-order valence-electron chi connectivity index (χ3n) is 6.64. The van der Waals surface area contributed by atoms with Crippen molar-refractivity contribution in [3.05, 3.63) is 53.2 Å². The van der Waals surface area contributed by atoms with Crippen molar-refractivity contribution in [3.8, 4) is 0 Å². The monoisotopic (exact) mass is 405 g/mol. The van der Waals surface area contributed by atoms with Crippen molar-refractivity contribution in [2.24, 2.45) is 0 Å². The molecule has 0 unspecified atom stereocenters. The molecule has 0 bridgehead atoms. The number of likely N-dealkylation sites (N-methyl/N-ethyl adjacent to an activating group) is 1. The maximum atomic E-state index is 12.8. The number of hydrogen-bond donors (Lipinski definition) is 3. The van der Waals surface area contributed by atoms with Gasteiger partial charge in [-0.3, -0.25) is 9.59 Å². The fourth-order valence-electron chi connectivity index (χ4n) is 5.12. The average Bonchev–Trinajstić information content (AvgIpc) is 3.24. The lowest BCUT2D eigenvalue weighted by Crippen LogP contribution is -2.46. The third kappa shape index (κ3) is 3.38. The molecule has 7 heteroatoms. The second-order valence-corrected chi connectivity index (χ2v) is 8.80. The number of carbonyl (C=O) groups is 2. The quantitative estimate of drug-likeness (QED) is 0.721. The Labute approximate surface area is 176 Å². The van der Waals surface area contributed by atoms with E-state index in [0.717, 1.165) is 48.3 Å². The van der Waals surface area contributed by atoms with Crippen LogP contribution < -0.4 is 16.0 Å². The van der Waals surface area contributed by atoms with Crippen LogP contribution in [0.15, 0.2) is 36.5 Å². The molecule has 156 valence electrons. The maximum absolute atomic E-state index is 12.8. The molecule has 2 amide bonds. The topological polar surface area (TPSA) is 86.4 Å². The summed E-state index contributed by atoms with van der Waals surface area (Å²) in [5, 5.41) is 9.30. The van der Waals surface area contributed by atoms with E-state index >= 15 is 0 Å². The number of aromatic nitrogens is 1. The number of rotatable bonds is 4. The highest BCUT2D eigenvalue weighted by atomic mass is 16.2. The van der Waals surface area contributed by atoms with Crippen LogP contribution >= 0.6 is 0 Å². The molecule has 0 saturated carbocycles. The van der Waals surface area contributed by atoms with Crippen molar-refractivity contribution in [3.63, 3.8) is 0 Å². The average molecular weight is 406 g/mol. The number of piperidine rings is 1. The van der Waals surface area contributed by atoms with Crippen LogP contribution in [0, 0.1) is 0 Å². The highest BCUT2D eigenvalue weighted by Gasteiger charge is 2.51. The van der Waals surface area contributed by atoms with Gasteiger partial charge in [0.2, 0.25) is 11.8 Å². The number of hydrogen-bond acceptors (Lipinski definition) is 5. The summed E-state index contributed by atoms with van der Waals surface area (Å²) in [5.41, 5.74) is 3.44. The highest BCUT2D eigenvalue weighted by molar-refractivity contribution is 6.06. The predicted molar refractivity (Wildman–Crippen MR) is 116 cm³/mol. The van der Waals surface area contributed by atoms with E-state index < -0.39 is 5.41 Å². The molecule has 3 heterocycles. The van der Waals surface area contributed by atoms with Crippen molar-refractivity contribution in [1.82, 2.24) is 15.2 Å². The molecule has 3 aliphatic rings. The fraction of sp³-hybridized carbons (Fsp3) is 0.435. The van der Waals surface area contributed by atoms with E-state index in [1.165, 1.54) is 0 Å². The summed E-state index contributed by atoms with van der Waals surface area (Å²) in [5.74, 6) is 0.645. The Hall–Kier alpha value is -2.77. The van der Waals surface area contributed by atoms with Gasteiger partial charge in [-0.15, -0.1) is 0 Å². The zero-order valence-electron chi connectivity index (χ0n) is 17.2. The van der Waals surface area contributed by atoms with Crippen molar-refractivity contribution in [2.75, 3.05) is 37.3 Å². The Bertz CT molecular complexity index is 1010. The van der Waals surface area contributed by atoms with Crippen LogP contribution in [-0.2, 0) is 27.8 Å². The number of pyridine rings is 1. The summed E-state index contributed by atoms with van der Waals surface area (Å²) >= 11 is 0. The Morgan fingerprint density at radius 1 is 1.30 bits per heavy atom. The standard InChI is InChI=1S/C23H27N5O2/c1-28-9-3-4-18(14-28)25-13-20(29)26-17-7-6-15-11-23(12-16(15)10-17)19-5-2-8-24-21(19)27-22(23)30/h2,5-8,10,18,25H,3-4,9,11-14H2,1H3,(H,26,29)(H,24,27,30)/t18-,23+/m0/s1. The Morgan fingerprint density at radius 3 is 3.03 bits per heavy atom. The lowest BCUT2D eigenvalue weighted by Gasteiger charge is -2.30. The second-order valence-electron chi connectivity index (χ2n) is 8.80. The minimum absolute atomic E-state index is 0.0136. The molecule has 2 aliphatic heterocycles. The zero-order valence-corrected chi connectivity index (χ0v) is 17.2. The Morgan fingerprint density at radius 2 is 2.17 bits per heavy atom. The van der Waals surface area contributed by atoms with E-state index in [1.54, 1.807) is 6.20 Å². The minimum Gasteiger partial charge on any atom is -0.325 e. The van der Waals surface area contributed by atoms with Crippen LogP contribution in [0.1, 0.15) is 29.5 Å². The number of carbonyl (C=O) groups excluding carboxylic acids is 2. The number of nitrogens with zero attached hydrogens (tertiary/aromatic N) is 2. The molecule has 2 atom stereocenters. The van der Waals surface area contributed by atoms with Gasteiger partial charge in [0.1, 0.15) is 5.82 Å². The summed E-state index contributed by atoms with van der Waals surface area (Å²) in [6.07, 6.45) is 5.26. The van der Waals surface area contributed by atoms with Gasteiger partial charge in [-0.1, -0.05) is 12.1 Å². The first-order valence-corrected chi connectivity index (χ1v) is 10.6. The molecule has 1 fully saturated rings. The minimum atomic E-state index is -0.580. The predicted octanol–water partition coefficient (Wildman–Crippen LogP) is 1.69. The van der Waals surface area contributed by atoms with Crippen LogP contribution in [0.4, 0.5) is 11.5 Å². The molecular formula is C23H27N5O2. The van der Waals surface area contributed by atoms with Gasteiger partial charge in [-0.25, -0.2) is 4.98 Å². The summed E-state index contributed by atoms with van der Waals surface area (Å²) in [6.45, 7) is 2.41. The van der Waals surface area contributed by atoms with Crippen LogP contribution in [0.5, 0.6) is 0 Å². The SMILES string of the molecule is CN1CCC[C@H](NCC(=O)Nc2ccc3c(c2)C[C@@]2(C3)C(=O)Nc3ncccc32)C1. The first kappa shape index (κ1) is 19.2. The van der Waals surface area contributed by atoms with E-state index in [-0.39, 0.29) is 11.8 Å². The molecular weight excluding hydrogens is 378 g/mol. The second kappa shape index (κ2) is 7.49. The van der Waals surface area contributed by atoms with Gasteiger partial charge in [0.05, 0.1) is 12.0 Å². The van der Waals surface area contributed by atoms with Crippen LogP contribution in [0.2, 0.25) is 0 Å². The summed E-state index contributed by atoms with van der Waals surface area (Å²) in [7, 11) is 2.12. The summed E-state index contributed by atoms with van der Waals surface area (Å²) in [4.78, 5) is 31.9. The molecule has 1 saturated heterocycles. The number of benzene rings is 1. The van der Waals surface area contributed by atoms with Gasteiger partial charge in [0.15, 0.2) is 0 Å². The van der Waals surface area contributed by atoms with Crippen LogP contribution in [0.3, 0.4) is 0 Å². The Balaban J connectivity index is 1.25. The molecule has 1 aliphatic carbocycles. The molecule has 1 aromatic carbocycles. The van der Waals surface area contributed by atoms with Gasteiger partial charge in [-0.05, 0) is 68.6 Å². The number of amides is 2. The molecule has 7 nitrogen and oxygen atoms in total. The third-order valence-corrected chi connectivity index (χ3v) is 6.64. The van der Waals surface area contributed by atoms with Crippen LogP contribution in [-0.4, -0.2) is 54.4 Å². The maximum Gasteiger partial charge on any atom is 0.238 e. The largest absolute Gasteiger partial charge is 0.325 e. The zero-order chi connectivity index (χ0) is 20.7. The molecule has 0 radical (unpaired) electrons. The smallest absolute Gasteiger partial charge is 0.238 e. The van der Waals surface area contributed by atoms with Crippen molar-refractivity contribution >= 4 is 23.3 Å². The lowest BCUT2D eigenvalue weighted by molar-refractivity contribution is -0.120. The van der Waals surface area contributed by atoms with Crippen molar-refractivity contribution in [1.29, 1.82) is 0 Å². The molecule has 5 rings (SSSR count). The van der Waals surface area contributed by atoms with Crippen molar-refractivity contribution < 1.29 is 9.59 Å². The van der Waals surface area contributed by atoms with Gasteiger partial charge in [-0.2, -0.15) is 0 Å². The van der Waals surface area contributed by atoms with E-state index in [2.05, 4.69) is 32.9 Å². The van der Waals surface area contributed by atoms with E-state index in [4.69, 9.17) is 0 Å². The number of fused-ring (bicyclic) bond motifs is 3. The first-order valence-electron chi connectivity index (χ1n) is 10.6. The summed E-state index contributed by atoms with van der Waals surface area (Å²) in [6, 6.07) is 10.2. The van der Waals surface area contributed by atoms with E-state index in [0.29, 0.717) is 31.2 Å². The van der Waals surface area contributed by atoms with E-state index in [1.807, 2.05) is 30.3 Å². The molecule has 2 aromatic rings. The lowest BCUT2D eigenvalue weighted by atomic mass is 9.79. The van der Waals surface area contributed by atoms with Crippen molar-refractivity contribution in [2.45, 2.75) is 37.1 Å². The normalized spacial score (nSPS) is 25.1. The number of anilines is 2. The van der Waals surface area contributed by atoms with Crippen LogP contribution in [0.25, 0.3) is 0 Å². The molecule has 30 heavy (non-hydrogen) atoms. The fourth-order valence-corrected chi connectivity index (χ4v) is 5.12. The van der Waals surface area contributed by atoms with Gasteiger partial charge in [0, 0.05) is 30.0 Å². The summed E-state index contributed by atoms with van der Waals surface area (Å²) < 4.78 is 0.